The van der Waals surface area contributed by atoms with E-state index in [-0.39, 0.29) is 41.3 Å². The topological polar surface area (TPSA) is 113 Å². The van der Waals surface area contributed by atoms with Crippen LogP contribution >= 0.6 is 0 Å². The lowest BCUT2D eigenvalue weighted by Crippen LogP contribution is -2.49. The molecule has 0 aromatic heterocycles. The predicted molar refractivity (Wildman–Crippen MR) is 88.0 cm³/mol. The van der Waals surface area contributed by atoms with Gasteiger partial charge in [-0.05, 0) is 16.7 Å². The van der Waals surface area contributed by atoms with Gasteiger partial charge in [0.25, 0.3) is 0 Å². The third-order valence-electron chi connectivity index (χ3n) is 4.11. The van der Waals surface area contributed by atoms with Crippen molar-refractivity contribution in [3.05, 3.63) is 56.6 Å². The van der Waals surface area contributed by atoms with Crippen LogP contribution in [0.4, 0.5) is 0 Å². The summed E-state index contributed by atoms with van der Waals surface area (Å²) >= 11 is -1.69. The first kappa shape index (κ1) is 17.4. The second-order valence-corrected chi connectivity index (χ2v) is 7.36. The lowest BCUT2D eigenvalue weighted by Gasteiger charge is -2.34. The van der Waals surface area contributed by atoms with Crippen molar-refractivity contribution in [3.8, 4) is 0 Å². The molecule has 2 aliphatic heterocycles. The highest BCUT2D eigenvalue weighted by molar-refractivity contribution is 7.95. The van der Waals surface area contributed by atoms with Gasteiger partial charge in [0.2, 0.25) is 12.5 Å². The van der Waals surface area contributed by atoms with E-state index in [9.17, 15) is 24.3 Å². The van der Waals surface area contributed by atoms with E-state index in [2.05, 4.69) is 0 Å². The minimum Gasteiger partial charge on any atom is -0.611 e. The summed E-state index contributed by atoms with van der Waals surface area (Å²) in [6.45, 7) is -0.425. The van der Waals surface area contributed by atoms with Crippen LogP contribution in [0.25, 0.3) is 0 Å². The van der Waals surface area contributed by atoms with E-state index >= 15 is 0 Å². The molecule has 1 amide bonds. The van der Waals surface area contributed by atoms with Crippen molar-refractivity contribution in [3.63, 3.8) is 0 Å². The standard InChI is InChI=1S/C16H16N2O6S/c19-14-9-12-8-13(25(23)7-6-17(21)22)15(18(12)14)16(20)24-10-11-4-2-1-3-5-11/h1-5,12H,6-10H2. The normalized spacial score (nSPS) is 20.1. The van der Waals surface area contributed by atoms with E-state index in [1.54, 1.807) is 12.1 Å². The Bertz CT molecular complexity index is 735. The van der Waals surface area contributed by atoms with Crippen LogP contribution in [-0.2, 0) is 32.1 Å². The van der Waals surface area contributed by atoms with Crippen LogP contribution in [0.5, 0.6) is 0 Å². The third-order valence-corrected chi connectivity index (χ3v) is 5.57. The maximum atomic E-state index is 12.5. The van der Waals surface area contributed by atoms with Crippen molar-refractivity contribution in [1.82, 2.24) is 4.90 Å². The summed E-state index contributed by atoms with van der Waals surface area (Å²) in [6, 6.07) is 8.86. The molecule has 2 heterocycles. The molecule has 0 aliphatic carbocycles. The molecule has 0 spiro atoms. The number of nitro groups is 1. The molecule has 9 heteroatoms. The molecule has 2 atom stereocenters. The number of carbonyl (C=O) groups is 2. The van der Waals surface area contributed by atoms with Gasteiger partial charge in [-0.1, -0.05) is 30.3 Å². The number of hydrogen-bond donors (Lipinski definition) is 0. The fraction of sp³-hybridized carbons (Fsp3) is 0.375. The summed E-state index contributed by atoms with van der Waals surface area (Å²) in [6.07, 6.45) is 0.581. The molecule has 8 nitrogen and oxygen atoms in total. The summed E-state index contributed by atoms with van der Waals surface area (Å²) < 4.78 is 17.6. The molecule has 0 radical (unpaired) electrons. The Labute approximate surface area is 146 Å². The molecule has 3 rings (SSSR count). The summed E-state index contributed by atoms with van der Waals surface area (Å²) in [5.41, 5.74) is 0.788. The molecule has 2 aliphatic rings. The van der Waals surface area contributed by atoms with Crippen molar-refractivity contribution < 1.29 is 23.8 Å². The van der Waals surface area contributed by atoms with Crippen LogP contribution < -0.4 is 0 Å². The number of hydrogen-bond acceptors (Lipinski definition) is 6. The number of rotatable bonds is 7. The van der Waals surface area contributed by atoms with E-state index in [4.69, 9.17) is 4.74 Å². The number of carbonyl (C=O) groups excluding carboxylic acids is 2. The highest BCUT2D eigenvalue weighted by Gasteiger charge is 2.51. The van der Waals surface area contributed by atoms with E-state index in [1.807, 2.05) is 18.2 Å². The number of fused-ring (bicyclic) bond motifs is 1. The Balaban J connectivity index is 1.75. The number of β-lactam (4-membered cyclic amide) rings is 1. The molecule has 1 aromatic carbocycles. The zero-order valence-corrected chi connectivity index (χ0v) is 14.1. The summed E-state index contributed by atoms with van der Waals surface area (Å²) in [5.74, 6) is -1.13. The van der Waals surface area contributed by atoms with Crippen molar-refractivity contribution in [2.45, 2.75) is 25.5 Å². The first-order chi connectivity index (χ1) is 12.0. The molecule has 132 valence electrons. The van der Waals surface area contributed by atoms with Crippen LogP contribution in [0, 0.1) is 10.1 Å². The average Bonchev–Trinajstić information content (AvgIpc) is 2.91. The van der Waals surface area contributed by atoms with Gasteiger partial charge in [0.05, 0.1) is 6.04 Å². The minimum atomic E-state index is -1.69. The maximum Gasteiger partial charge on any atom is 0.360 e. The van der Waals surface area contributed by atoms with Crippen molar-refractivity contribution in [2.24, 2.45) is 0 Å². The molecule has 1 saturated heterocycles. The Kier molecular flexibility index (Phi) is 5.05. The van der Waals surface area contributed by atoms with Gasteiger partial charge in [-0.15, -0.1) is 0 Å². The largest absolute Gasteiger partial charge is 0.611 e. The molecular formula is C16H16N2O6S. The van der Waals surface area contributed by atoms with Crippen LogP contribution in [0.1, 0.15) is 18.4 Å². The van der Waals surface area contributed by atoms with Gasteiger partial charge in [0.1, 0.15) is 6.61 Å². The van der Waals surface area contributed by atoms with Crippen molar-refractivity contribution >= 4 is 23.1 Å². The van der Waals surface area contributed by atoms with Crippen LogP contribution in [0.15, 0.2) is 40.9 Å². The smallest absolute Gasteiger partial charge is 0.360 e. The van der Waals surface area contributed by atoms with Crippen molar-refractivity contribution in [2.75, 3.05) is 12.3 Å². The molecule has 0 saturated carbocycles. The Morgan fingerprint density at radius 1 is 1.32 bits per heavy atom. The lowest BCUT2D eigenvalue weighted by atomic mass is 10.0. The van der Waals surface area contributed by atoms with E-state index < -0.39 is 28.6 Å². The zero-order chi connectivity index (χ0) is 18.0. The first-order valence-electron chi connectivity index (χ1n) is 7.74. The summed E-state index contributed by atoms with van der Waals surface area (Å²) in [7, 11) is 0. The predicted octanol–water partition coefficient (Wildman–Crippen LogP) is 0.971. The summed E-state index contributed by atoms with van der Waals surface area (Å²) in [4.78, 5) is 35.8. The lowest BCUT2D eigenvalue weighted by molar-refractivity contribution is -0.474. The van der Waals surface area contributed by atoms with Gasteiger partial charge in [-0.3, -0.25) is 19.8 Å². The van der Waals surface area contributed by atoms with Gasteiger partial charge in [-0.25, -0.2) is 4.79 Å². The third kappa shape index (κ3) is 3.67. The number of esters is 1. The van der Waals surface area contributed by atoms with E-state index in [0.29, 0.717) is 6.42 Å². The fourth-order valence-corrected chi connectivity index (χ4v) is 4.22. The number of ether oxygens (including phenoxy) is 1. The molecule has 2 unspecified atom stereocenters. The second-order valence-electron chi connectivity index (χ2n) is 5.77. The average molecular weight is 364 g/mol. The maximum absolute atomic E-state index is 12.5. The van der Waals surface area contributed by atoms with Crippen LogP contribution in [0.2, 0.25) is 0 Å². The quantitative estimate of drug-likeness (QED) is 0.234. The number of nitrogens with zero attached hydrogens (tertiary/aromatic N) is 2. The number of amides is 1. The monoisotopic (exact) mass is 364 g/mol. The van der Waals surface area contributed by atoms with Gasteiger partial charge >= 0.3 is 5.97 Å². The highest BCUT2D eigenvalue weighted by atomic mass is 32.2. The summed E-state index contributed by atoms with van der Waals surface area (Å²) in [5, 5.41) is 10.5. The van der Waals surface area contributed by atoms with Gasteiger partial charge in [0, 0.05) is 17.8 Å². The van der Waals surface area contributed by atoms with Crippen molar-refractivity contribution in [1.29, 1.82) is 0 Å². The molecule has 25 heavy (non-hydrogen) atoms. The molecule has 0 N–H and O–H groups in total. The van der Waals surface area contributed by atoms with Crippen LogP contribution in [0.3, 0.4) is 0 Å². The van der Waals surface area contributed by atoms with Gasteiger partial charge in [0.15, 0.2) is 16.4 Å². The zero-order valence-electron chi connectivity index (χ0n) is 13.3. The van der Waals surface area contributed by atoms with E-state index in [0.717, 1.165) is 5.56 Å². The highest BCUT2D eigenvalue weighted by Crippen LogP contribution is 2.41. The Morgan fingerprint density at radius 3 is 2.68 bits per heavy atom. The van der Waals surface area contributed by atoms with E-state index in [1.165, 1.54) is 4.90 Å². The molecule has 0 bridgehead atoms. The second kappa shape index (κ2) is 7.24. The first-order valence-corrected chi connectivity index (χ1v) is 9.05. The Morgan fingerprint density at radius 2 is 2.04 bits per heavy atom. The van der Waals surface area contributed by atoms with Gasteiger partial charge < -0.3 is 9.29 Å². The fourth-order valence-electron chi connectivity index (χ4n) is 2.88. The molecular weight excluding hydrogens is 348 g/mol. The molecule has 1 aromatic rings. The number of benzene rings is 1. The molecule has 1 fully saturated rings. The van der Waals surface area contributed by atoms with Gasteiger partial charge in [-0.2, -0.15) is 0 Å². The SMILES string of the molecule is O=C(OCc1ccccc1)C1=C([S+]([O-])CC[N+](=O)[O-])CC2CC(=O)N12. The van der Waals surface area contributed by atoms with Crippen LogP contribution in [-0.4, -0.2) is 44.6 Å². The Hall–Kier alpha value is -2.39. The minimum absolute atomic E-state index is 0.00105.